The Morgan fingerprint density at radius 2 is 2.11 bits per heavy atom. The Bertz CT molecular complexity index is 640. The number of hydrogen-bond donors (Lipinski definition) is 2. The summed E-state index contributed by atoms with van der Waals surface area (Å²) in [5.41, 5.74) is 8.64. The SMILES string of the molecule is Cn1c(=O)oc2cc(C(N)N3CCNCC3)ccc21. The highest BCUT2D eigenvalue weighted by atomic mass is 16.4. The van der Waals surface area contributed by atoms with Crippen LogP contribution in [0.25, 0.3) is 11.1 Å². The van der Waals surface area contributed by atoms with Gasteiger partial charge in [-0.15, -0.1) is 0 Å². The van der Waals surface area contributed by atoms with Crippen LogP contribution in [0.5, 0.6) is 0 Å². The number of aryl methyl sites for hydroxylation is 1. The van der Waals surface area contributed by atoms with Crippen LogP contribution in [0.4, 0.5) is 0 Å². The molecule has 1 aliphatic heterocycles. The van der Waals surface area contributed by atoms with E-state index in [4.69, 9.17) is 10.2 Å². The van der Waals surface area contributed by atoms with E-state index in [2.05, 4.69) is 10.2 Å². The summed E-state index contributed by atoms with van der Waals surface area (Å²) in [4.78, 5) is 13.7. The van der Waals surface area contributed by atoms with Crippen LogP contribution in [-0.4, -0.2) is 35.6 Å². The summed E-state index contributed by atoms with van der Waals surface area (Å²) in [6.07, 6.45) is -0.156. The van der Waals surface area contributed by atoms with E-state index < -0.39 is 0 Å². The largest absolute Gasteiger partial charge is 0.419 e. The monoisotopic (exact) mass is 262 g/mol. The highest BCUT2D eigenvalue weighted by Gasteiger charge is 2.19. The molecule has 0 radical (unpaired) electrons. The molecule has 2 aromatic rings. The lowest BCUT2D eigenvalue weighted by atomic mass is 10.1. The summed E-state index contributed by atoms with van der Waals surface area (Å²) in [6, 6.07) is 5.71. The molecule has 0 amide bonds. The Hall–Kier alpha value is -1.63. The van der Waals surface area contributed by atoms with Crippen LogP contribution in [-0.2, 0) is 7.05 Å². The van der Waals surface area contributed by atoms with E-state index in [1.165, 1.54) is 4.57 Å². The average molecular weight is 262 g/mol. The third-order valence-electron chi connectivity index (χ3n) is 3.70. The average Bonchev–Trinajstić information content (AvgIpc) is 2.74. The van der Waals surface area contributed by atoms with Crippen LogP contribution >= 0.6 is 0 Å². The van der Waals surface area contributed by atoms with Crippen LogP contribution < -0.4 is 16.8 Å². The number of rotatable bonds is 2. The molecule has 3 rings (SSSR count). The normalized spacial score (nSPS) is 18.8. The second-order valence-corrected chi connectivity index (χ2v) is 4.88. The maximum absolute atomic E-state index is 11.5. The minimum Gasteiger partial charge on any atom is -0.408 e. The van der Waals surface area contributed by atoms with Gasteiger partial charge in [-0.2, -0.15) is 0 Å². The van der Waals surface area contributed by atoms with Gasteiger partial charge in [-0.25, -0.2) is 4.79 Å². The lowest BCUT2D eigenvalue weighted by Gasteiger charge is -2.32. The van der Waals surface area contributed by atoms with Crippen molar-refractivity contribution in [1.29, 1.82) is 0 Å². The number of nitrogens with one attached hydrogen (secondary N) is 1. The van der Waals surface area contributed by atoms with Gasteiger partial charge in [-0.05, 0) is 17.7 Å². The molecule has 1 aromatic heterocycles. The van der Waals surface area contributed by atoms with Gasteiger partial charge in [0.25, 0.3) is 0 Å². The lowest BCUT2D eigenvalue weighted by Crippen LogP contribution is -2.47. The van der Waals surface area contributed by atoms with Crippen molar-refractivity contribution in [3.05, 3.63) is 34.3 Å². The first-order valence-corrected chi connectivity index (χ1v) is 6.46. The third kappa shape index (κ3) is 2.18. The molecule has 6 heteroatoms. The van der Waals surface area contributed by atoms with Crippen molar-refractivity contribution in [2.45, 2.75) is 6.17 Å². The van der Waals surface area contributed by atoms with Crippen LogP contribution in [0.1, 0.15) is 11.7 Å². The fourth-order valence-corrected chi connectivity index (χ4v) is 2.51. The molecule has 1 atom stereocenters. The molecule has 0 bridgehead atoms. The number of benzene rings is 1. The Balaban J connectivity index is 1.94. The van der Waals surface area contributed by atoms with Crippen molar-refractivity contribution in [1.82, 2.24) is 14.8 Å². The Kier molecular flexibility index (Phi) is 3.14. The number of fused-ring (bicyclic) bond motifs is 1. The van der Waals surface area contributed by atoms with Crippen LogP contribution in [0.3, 0.4) is 0 Å². The zero-order valence-corrected chi connectivity index (χ0v) is 10.9. The maximum atomic E-state index is 11.5. The zero-order valence-electron chi connectivity index (χ0n) is 10.9. The molecule has 3 N–H and O–H groups in total. The van der Waals surface area contributed by atoms with Gasteiger partial charge in [0.2, 0.25) is 0 Å². The van der Waals surface area contributed by atoms with Crippen molar-refractivity contribution in [2.24, 2.45) is 12.8 Å². The van der Waals surface area contributed by atoms with E-state index in [-0.39, 0.29) is 11.9 Å². The summed E-state index contributed by atoms with van der Waals surface area (Å²) in [6.45, 7) is 3.77. The van der Waals surface area contributed by atoms with Gasteiger partial charge in [0.15, 0.2) is 5.58 Å². The first-order chi connectivity index (χ1) is 9.16. The number of aromatic nitrogens is 1. The Labute approximate surface area is 110 Å². The van der Waals surface area contributed by atoms with E-state index in [9.17, 15) is 4.79 Å². The molecule has 1 aromatic carbocycles. The van der Waals surface area contributed by atoms with E-state index in [1.807, 2.05) is 18.2 Å². The Morgan fingerprint density at radius 1 is 1.37 bits per heavy atom. The zero-order chi connectivity index (χ0) is 13.4. The van der Waals surface area contributed by atoms with Crippen LogP contribution in [0.15, 0.2) is 27.4 Å². The molecule has 1 aliphatic rings. The van der Waals surface area contributed by atoms with Crippen LogP contribution in [0, 0.1) is 0 Å². The minimum absolute atomic E-state index is 0.156. The van der Waals surface area contributed by atoms with Crippen molar-refractivity contribution in [2.75, 3.05) is 26.2 Å². The summed E-state index contributed by atoms with van der Waals surface area (Å²) in [5.74, 6) is -0.345. The van der Waals surface area contributed by atoms with Gasteiger partial charge < -0.3 is 15.5 Å². The molecular formula is C13H18N4O2. The number of nitrogens with zero attached hydrogens (tertiary/aromatic N) is 2. The third-order valence-corrected chi connectivity index (χ3v) is 3.70. The standard InChI is InChI=1S/C13H18N4O2/c1-16-10-3-2-9(8-11(10)19-13(16)18)12(14)17-6-4-15-5-7-17/h2-3,8,12,15H,4-7,14H2,1H3. The van der Waals surface area contributed by atoms with E-state index in [0.29, 0.717) is 5.58 Å². The molecule has 1 saturated heterocycles. The molecule has 6 nitrogen and oxygen atoms in total. The minimum atomic E-state index is -0.345. The van der Waals surface area contributed by atoms with Crippen molar-refractivity contribution in [3.8, 4) is 0 Å². The molecule has 2 heterocycles. The molecule has 0 spiro atoms. The first kappa shape index (κ1) is 12.4. The predicted molar refractivity (Wildman–Crippen MR) is 72.8 cm³/mol. The summed E-state index contributed by atoms with van der Waals surface area (Å²) >= 11 is 0. The molecule has 0 saturated carbocycles. The molecule has 1 unspecified atom stereocenters. The van der Waals surface area contributed by atoms with Gasteiger partial charge in [-0.1, -0.05) is 6.07 Å². The second kappa shape index (κ2) is 4.80. The fraction of sp³-hybridized carbons (Fsp3) is 0.462. The Morgan fingerprint density at radius 3 is 2.84 bits per heavy atom. The van der Waals surface area contributed by atoms with Crippen molar-refractivity contribution in [3.63, 3.8) is 0 Å². The molecule has 19 heavy (non-hydrogen) atoms. The van der Waals surface area contributed by atoms with Crippen molar-refractivity contribution < 1.29 is 4.42 Å². The first-order valence-electron chi connectivity index (χ1n) is 6.46. The molecule has 0 aliphatic carbocycles. The molecule has 1 fully saturated rings. The van der Waals surface area contributed by atoms with E-state index in [0.717, 1.165) is 37.3 Å². The summed E-state index contributed by atoms with van der Waals surface area (Å²) < 4.78 is 6.69. The number of oxazole rings is 1. The molecule has 102 valence electrons. The quantitative estimate of drug-likeness (QED) is 0.796. The van der Waals surface area contributed by atoms with Gasteiger partial charge >= 0.3 is 5.76 Å². The highest BCUT2D eigenvalue weighted by molar-refractivity contribution is 5.73. The lowest BCUT2D eigenvalue weighted by molar-refractivity contribution is 0.177. The van der Waals surface area contributed by atoms with Gasteiger partial charge in [0.05, 0.1) is 11.7 Å². The van der Waals surface area contributed by atoms with Crippen molar-refractivity contribution >= 4 is 11.1 Å². The summed E-state index contributed by atoms with van der Waals surface area (Å²) in [7, 11) is 1.70. The number of nitrogens with two attached hydrogens (primary N) is 1. The predicted octanol–water partition coefficient (Wildman–Crippen LogP) is -0.00600. The smallest absolute Gasteiger partial charge is 0.408 e. The molecular weight excluding hydrogens is 244 g/mol. The fourth-order valence-electron chi connectivity index (χ4n) is 2.51. The number of hydrogen-bond acceptors (Lipinski definition) is 5. The highest BCUT2D eigenvalue weighted by Crippen LogP contribution is 2.21. The topological polar surface area (TPSA) is 76.4 Å². The second-order valence-electron chi connectivity index (χ2n) is 4.88. The van der Waals surface area contributed by atoms with Gasteiger partial charge in [0.1, 0.15) is 0 Å². The summed E-state index contributed by atoms with van der Waals surface area (Å²) in [5, 5.41) is 3.30. The number of piperazine rings is 1. The van der Waals surface area contributed by atoms with Gasteiger partial charge in [-0.3, -0.25) is 9.47 Å². The van der Waals surface area contributed by atoms with E-state index >= 15 is 0 Å². The van der Waals surface area contributed by atoms with Gasteiger partial charge in [0, 0.05) is 33.2 Å². The maximum Gasteiger partial charge on any atom is 0.419 e. The van der Waals surface area contributed by atoms with Crippen LogP contribution in [0.2, 0.25) is 0 Å². The van der Waals surface area contributed by atoms with E-state index in [1.54, 1.807) is 7.05 Å².